The Labute approximate surface area is 168 Å². The average Bonchev–Trinajstić information content (AvgIpc) is 3.30. The van der Waals surface area contributed by atoms with Crippen LogP contribution in [0.1, 0.15) is 36.8 Å². The smallest absolute Gasteiger partial charge is 0.243 e. The van der Waals surface area contributed by atoms with Gasteiger partial charge in [0, 0.05) is 26.7 Å². The molecule has 6 heteroatoms. The number of hydrogen-bond acceptors (Lipinski definition) is 3. The van der Waals surface area contributed by atoms with Crippen LogP contribution in [-0.4, -0.2) is 57.1 Å². The minimum Gasteiger partial charge on any atom is -0.496 e. The summed E-state index contributed by atoms with van der Waals surface area (Å²) in [5.74, 6) is 3.31. The molecule has 1 aromatic carbocycles. The minimum atomic E-state index is 0.0114. The molecular weight excluding hydrogens is 352 g/mol. The van der Waals surface area contributed by atoms with Crippen LogP contribution in [0.25, 0.3) is 0 Å². The lowest BCUT2D eigenvalue weighted by atomic mass is 9.95. The number of aryl methyl sites for hydroxylation is 1. The van der Waals surface area contributed by atoms with E-state index in [1.807, 2.05) is 6.92 Å². The van der Waals surface area contributed by atoms with Crippen molar-refractivity contribution in [1.82, 2.24) is 15.5 Å². The van der Waals surface area contributed by atoms with E-state index in [1.54, 1.807) is 26.1 Å². The summed E-state index contributed by atoms with van der Waals surface area (Å²) in [4.78, 5) is 18.1. The number of nitrogens with one attached hydrogen (secondary N) is 2. The maximum absolute atomic E-state index is 12.0. The number of fused-ring (bicyclic) bond motifs is 2. The van der Waals surface area contributed by atoms with Crippen molar-refractivity contribution in [1.29, 1.82) is 0 Å². The number of carbonyl (C=O) groups is 1. The van der Waals surface area contributed by atoms with Crippen LogP contribution in [0.15, 0.2) is 23.2 Å². The molecule has 0 saturated heterocycles. The van der Waals surface area contributed by atoms with E-state index in [9.17, 15) is 4.79 Å². The molecule has 1 amide bonds. The fourth-order valence-corrected chi connectivity index (χ4v) is 4.38. The van der Waals surface area contributed by atoms with Gasteiger partial charge in [0.25, 0.3) is 0 Å². The van der Waals surface area contributed by atoms with Gasteiger partial charge in [-0.3, -0.25) is 4.79 Å². The number of amides is 1. The number of carbonyl (C=O) groups excluding carboxylic acids is 1. The van der Waals surface area contributed by atoms with Gasteiger partial charge in [-0.15, -0.1) is 0 Å². The summed E-state index contributed by atoms with van der Waals surface area (Å²) in [5, 5.41) is 7.03. The number of guanidine groups is 1. The molecule has 3 atom stereocenters. The van der Waals surface area contributed by atoms with Crippen molar-refractivity contribution in [3.63, 3.8) is 0 Å². The van der Waals surface area contributed by atoms with Crippen molar-refractivity contribution < 1.29 is 9.53 Å². The molecular formula is C22H34N4O2. The van der Waals surface area contributed by atoms with Crippen molar-refractivity contribution >= 4 is 11.9 Å². The lowest BCUT2D eigenvalue weighted by Crippen LogP contribution is -2.46. The second-order valence-electron chi connectivity index (χ2n) is 8.36. The van der Waals surface area contributed by atoms with Crippen LogP contribution in [0.5, 0.6) is 5.75 Å². The zero-order chi connectivity index (χ0) is 20.1. The van der Waals surface area contributed by atoms with E-state index in [-0.39, 0.29) is 12.5 Å². The Balaban J connectivity index is 1.58. The van der Waals surface area contributed by atoms with E-state index < -0.39 is 0 Å². The van der Waals surface area contributed by atoms with Gasteiger partial charge in [-0.25, -0.2) is 4.99 Å². The van der Waals surface area contributed by atoms with Crippen molar-refractivity contribution in [2.24, 2.45) is 16.8 Å². The molecule has 154 valence electrons. The zero-order valence-corrected chi connectivity index (χ0v) is 17.6. The van der Waals surface area contributed by atoms with E-state index >= 15 is 0 Å². The molecule has 0 aromatic heterocycles. The van der Waals surface area contributed by atoms with Crippen LogP contribution in [0.2, 0.25) is 0 Å². The molecule has 2 saturated carbocycles. The van der Waals surface area contributed by atoms with Crippen LogP contribution in [0, 0.1) is 18.8 Å². The number of rotatable bonds is 7. The number of ether oxygens (including phenoxy) is 1. The van der Waals surface area contributed by atoms with Crippen molar-refractivity contribution in [2.75, 3.05) is 34.3 Å². The molecule has 2 N–H and O–H groups in total. The predicted molar refractivity (Wildman–Crippen MR) is 113 cm³/mol. The lowest BCUT2D eigenvalue weighted by molar-refractivity contribution is -0.127. The fourth-order valence-electron chi connectivity index (χ4n) is 4.38. The minimum absolute atomic E-state index is 0.0114. The van der Waals surface area contributed by atoms with E-state index in [0.717, 1.165) is 42.1 Å². The Bertz CT molecular complexity index is 716. The molecule has 2 aliphatic rings. The van der Waals surface area contributed by atoms with Gasteiger partial charge in [0.15, 0.2) is 5.96 Å². The summed E-state index contributed by atoms with van der Waals surface area (Å²) in [6, 6.07) is 6.80. The SMILES string of the molecule is COc1cc(CCNC(=NCC(=O)N(C)C)NC2CC3CCC2C3)ccc1C. The van der Waals surface area contributed by atoms with Gasteiger partial charge in [-0.2, -0.15) is 0 Å². The van der Waals surface area contributed by atoms with Gasteiger partial charge in [0.1, 0.15) is 12.3 Å². The quantitative estimate of drug-likeness (QED) is 0.558. The molecule has 1 aromatic rings. The molecule has 2 bridgehead atoms. The number of benzene rings is 1. The van der Waals surface area contributed by atoms with Gasteiger partial charge in [-0.05, 0) is 61.6 Å². The monoisotopic (exact) mass is 386 g/mol. The third kappa shape index (κ3) is 5.18. The molecule has 0 aliphatic heterocycles. The molecule has 3 unspecified atom stereocenters. The van der Waals surface area contributed by atoms with E-state index in [4.69, 9.17) is 4.74 Å². The summed E-state index contributed by atoms with van der Waals surface area (Å²) >= 11 is 0. The first-order valence-corrected chi connectivity index (χ1v) is 10.3. The Morgan fingerprint density at radius 3 is 2.75 bits per heavy atom. The molecule has 28 heavy (non-hydrogen) atoms. The van der Waals surface area contributed by atoms with Crippen LogP contribution >= 0.6 is 0 Å². The molecule has 0 heterocycles. The first-order chi connectivity index (χ1) is 13.5. The third-order valence-electron chi connectivity index (χ3n) is 6.11. The fraction of sp³-hybridized carbons (Fsp3) is 0.636. The van der Waals surface area contributed by atoms with Crippen molar-refractivity contribution in [2.45, 2.75) is 45.1 Å². The van der Waals surface area contributed by atoms with Crippen LogP contribution < -0.4 is 15.4 Å². The van der Waals surface area contributed by atoms with Crippen LogP contribution in [-0.2, 0) is 11.2 Å². The highest BCUT2D eigenvalue weighted by Gasteiger charge is 2.39. The Morgan fingerprint density at radius 1 is 1.29 bits per heavy atom. The van der Waals surface area contributed by atoms with Gasteiger partial charge in [-0.1, -0.05) is 18.6 Å². The molecule has 3 rings (SSSR count). The molecule has 0 radical (unpaired) electrons. The van der Waals surface area contributed by atoms with Crippen LogP contribution in [0.4, 0.5) is 0 Å². The summed E-state index contributed by atoms with van der Waals surface area (Å²) in [5.41, 5.74) is 2.36. The summed E-state index contributed by atoms with van der Waals surface area (Å²) in [6.45, 7) is 2.98. The first kappa shape index (κ1) is 20.5. The second kappa shape index (κ2) is 9.30. The zero-order valence-electron chi connectivity index (χ0n) is 17.6. The van der Waals surface area contributed by atoms with Crippen molar-refractivity contribution in [3.8, 4) is 5.75 Å². The third-order valence-corrected chi connectivity index (χ3v) is 6.11. The highest BCUT2D eigenvalue weighted by atomic mass is 16.5. The molecule has 0 spiro atoms. The van der Waals surface area contributed by atoms with Gasteiger partial charge >= 0.3 is 0 Å². The Hall–Kier alpha value is -2.24. The largest absolute Gasteiger partial charge is 0.496 e. The molecule has 2 fully saturated rings. The van der Waals surface area contributed by atoms with E-state index in [1.165, 1.54) is 31.2 Å². The summed E-state index contributed by atoms with van der Waals surface area (Å²) in [6.07, 6.45) is 6.12. The number of methoxy groups -OCH3 is 1. The molecule has 2 aliphatic carbocycles. The topological polar surface area (TPSA) is 66.0 Å². The van der Waals surface area contributed by atoms with Crippen LogP contribution in [0.3, 0.4) is 0 Å². The standard InChI is InChI=1S/C22H34N4O2/c1-15-5-6-16(13-20(15)28-4)9-10-23-22(24-14-21(27)26(2)3)25-19-12-17-7-8-18(19)11-17/h5-6,13,17-19H,7-12,14H2,1-4H3,(H2,23,24,25). The predicted octanol–water partition coefficient (Wildman–Crippen LogP) is 2.36. The van der Waals surface area contributed by atoms with Gasteiger partial charge in [0.2, 0.25) is 5.91 Å². The normalized spacial score (nSPS) is 23.6. The summed E-state index contributed by atoms with van der Waals surface area (Å²) < 4.78 is 5.42. The van der Waals surface area contributed by atoms with E-state index in [0.29, 0.717) is 6.04 Å². The number of nitrogens with zero attached hydrogens (tertiary/aromatic N) is 2. The van der Waals surface area contributed by atoms with Gasteiger partial charge < -0.3 is 20.3 Å². The highest BCUT2D eigenvalue weighted by Crippen LogP contribution is 2.44. The highest BCUT2D eigenvalue weighted by molar-refractivity contribution is 5.85. The maximum atomic E-state index is 12.0. The maximum Gasteiger partial charge on any atom is 0.243 e. The Morgan fingerprint density at radius 2 is 2.11 bits per heavy atom. The second-order valence-corrected chi connectivity index (χ2v) is 8.36. The number of aliphatic imine (C=N–C) groups is 1. The average molecular weight is 387 g/mol. The Kier molecular flexibility index (Phi) is 6.81. The van der Waals surface area contributed by atoms with Gasteiger partial charge in [0.05, 0.1) is 7.11 Å². The number of hydrogen-bond donors (Lipinski definition) is 2. The summed E-state index contributed by atoms with van der Waals surface area (Å²) in [7, 11) is 5.23. The van der Waals surface area contributed by atoms with E-state index in [2.05, 4.69) is 33.8 Å². The molecule has 6 nitrogen and oxygen atoms in total. The number of likely N-dealkylation sites (N-methyl/N-ethyl adjacent to an activating group) is 1. The van der Waals surface area contributed by atoms with Crippen molar-refractivity contribution in [3.05, 3.63) is 29.3 Å². The lowest BCUT2D eigenvalue weighted by Gasteiger charge is -2.25. The first-order valence-electron chi connectivity index (χ1n) is 10.3.